The molecule has 0 radical (unpaired) electrons. The molecular formula is C19H23NO3. The molecule has 0 fully saturated rings. The number of aliphatic hydroxyl groups is 1. The molecule has 2 aromatic rings. The highest BCUT2D eigenvalue weighted by atomic mass is 16.4. The minimum absolute atomic E-state index is 0.0402. The van der Waals surface area contributed by atoms with Crippen LogP contribution in [0.2, 0.25) is 0 Å². The smallest absolute Gasteiger partial charge is 0.335 e. The van der Waals surface area contributed by atoms with Crippen LogP contribution < -0.4 is 5.32 Å². The van der Waals surface area contributed by atoms with E-state index < -0.39 is 12.1 Å². The van der Waals surface area contributed by atoms with E-state index >= 15 is 0 Å². The van der Waals surface area contributed by atoms with E-state index in [9.17, 15) is 9.90 Å². The average Bonchev–Trinajstić information content (AvgIpc) is 2.59. The van der Waals surface area contributed by atoms with Crippen LogP contribution in [-0.2, 0) is 6.54 Å². The highest BCUT2D eigenvalue weighted by molar-refractivity contribution is 5.87. The second-order valence-electron chi connectivity index (χ2n) is 5.63. The summed E-state index contributed by atoms with van der Waals surface area (Å²) >= 11 is 0. The van der Waals surface area contributed by atoms with Crippen molar-refractivity contribution >= 4 is 5.97 Å². The van der Waals surface area contributed by atoms with Gasteiger partial charge in [-0.15, -0.1) is 0 Å². The Balaban J connectivity index is 2.00. The number of rotatable bonds is 8. The number of aliphatic hydroxyl groups excluding tert-OH is 1. The van der Waals surface area contributed by atoms with Gasteiger partial charge in [0.05, 0.1) is 11.7 Å². The number of benzene rings is 2. The van der Waals surface area contributed by atoms with Crippen LogP contribution in [0.3, 0.4) is 0 Å². The Morgan fingerprint density at radius 3 is 2.30 bits per heavy atom. The molecule has 4 heteroatoms. The van der Waals surface area contributed by atoms with Crippen molar-refractivity contribution in [3.8, 4) is 0 Å². The first kappa shape index (κ1) is 17.2. The Morgan fingerprint density at radius 2 is 1.74 bits per heavy atom. The van der Waals surface area contributed by atoms with Gasteiger partial charge in [0.25, 0.3) is 0 Å². The summed E-state index contributed by atoms with van der Waals surface area (Å²) in [7, 11) is 0. The van der Waals surface area contributed by atoms with Crippen molar-refractivity contribution in [3.05, 3.63) is 71.3 Å². The number of hydrogen-bond acceptors (Lipinski definition) is 3. The van der Waals surface area contributed by atoms with Gasteiger partial charge in [-0.05, 0) is 29.7 Å². The third kappa shape index (κ3) is 4.91. The molecule has 4 nitrogen and oxygen atoms in total. The molecule has 3 N–H and O–H groups in total. The summed E-state index contributed by atoms with van der Waals surface area (Å²) in [5.74, 6) is -0.923. The van der Waals surface area contributed by atoms with E-state index in [2.05, 4.69) is 12.2 Å². The summed E-state index contributed by atoms with van der Waals surface area (Å²) in [6.45, 7) is 2.68. The molecule has 2 atom stereocenters. The molecule has 0 spiro atoms. The maximum absolute atomic E-state index is 10.9. The van der Waals surface area contributed by atoms with Crippen molar-refractivity contribution in [2.75, 3.05) is 0 Å². The Bertz CT molecular complexity index is 610. The monoisotopic (exact) mass is 313 g/mol. The SMILES string of the molecule is CCCC(NCc1ccc(C(=O)O)cc1)C(O)c1ccccc1. The summed E-state index contributed by atoms with van der Waals surface area (Å²) in [5.41, 5.74) is 2.18. The maximum atomic E-state index is 10.9. The van der Waals surface area contributed by atoms with Crippen LogP contribution in [0, 0.1) is 0 Å². The van der Waals surface area contributed by atoms with Gasteiger partial charge >= 0.3 is 5.97 Å². The van der Waals surface area contributed by atoms with Gasteiger partial charge in [-0.25, -0.2) is 4.79 Å². The lowest BCUT2D eigenvalue weighted by atomic mass is 9.98. The van der Waals surface area contributed by atoms with E-state index in [4.69, 9.17) is 5.11 Å². The van der Waals surface area contributed by atoms with Crippen molar-refractivity contribution < 1.29 is 15.0 Å². The summed E-state index contributed by atoms with van der Waals surface area (Å²) in [5, 5.41) is 22.9. The Hall–Kier alpha value is -2.17. The van der Waals surface area contributed by atoms with E-state index in [1.807, 2.05) is 30.3 Å². The van der Waals surface area contributed by atoms with Crippen molar-refractivity contribution in [1.29, 1.82) is 0 Å². The molecule has 2 unspecified atom stereocenters. The van der Waals surface area contributed by atoms with Crippen molar-refractivity contribution in [2.45, 2.75) is 38.5 Å². The van der Waals surface area contributed by atoms with Gasteiger partial charge in [0.2, 0.25) is 0 Å². The average molecular weight is 313 g/mol. The Labute approximate surface area is 136 Å². The lowest BCUT2D eigenvalue weighted by Crippen LogP contribution is -2.34. The van der Waals surface area contributed by atoms with Gasteiger partial charge in [-0.1, -0.05) is 55.8 Å². The zero-order valence-corrected chi connectivity index (χ0v) is 13.3. The zero-order valence-electron chi connectivity index (χ0n) is 13.3. The first-order chi connectivity index (χ1) is 11.1. The van der Waals surface area contributed by atoms with E-state index in [1.54, 1.807) is 24.3 Å². The third-order valence-corrected chi connectivity index (χ3v) is 3.89. The fourth-order valence-corrected chi connectivity index (χ4v) is 2.58. The predicted octanol–water partition coefficient (Wildman–Crippen LogP) is 3.38. The number of carboxylic acids is 1. The first-order valence-corrected chi connectivity index (χ1v) is 7.90. The second-order valence-corrected chi connectivity index (χ2v) is 5.63. The number of carboxylic acid groups (broad SMARTS) is 1. The highest BCUT2D eigenvalue weighted by Crippen LogP contribution is 2.20. The molecule has 0 bridgehead atoms. The summed E-state index contributed by atoms with van der Waals surface area (Å²) in [6.07, 6.45) is 1.28. The first-order valence-electron chi connectivity index (χ1n) is 7.90. The summed E-state index contributed by atoms with van der Waals surface area (Å²) < 4.78 is 0. The molecule has 122 valence electrons. The van der Waals surface area contributed by atoms with Gasteiger partial charge < -0.3 is 15.5 Å². The van der Waals surface area contributed by atoms with Gasteiger partial charge in [0.1, 0.15) is 0 Å². The number of carbonyl (C=O) groups is 1. The number of nitrogens with one attached hydrogen (secondary N) is 1. The van der Waals surface area contributed by atoms with Crippen LogP contribution >= 0.6 is 0 Å². The maximum Gasteiger partial charge on any atom is 0.335 e. The minimum Gasteiger partial charge on any atom is -0.478 e. The lowest BCUT2D eigenvalue weighted by molar-refractivity contribution is 0.0697. The second kappa shape index (κ2) is 8.46. The van der Waals surface area contributed by atoms with Crippen LogP contribution in [0.4, 0.5) is 0 Å². The fraction of sp³-hybridized carbons (Fsp3) is 0.316. The van der Waals surface area contributed by atoms with Crippen LogP contribution in [0.15, 0.2) is 54.6 Å². The molecule has 0 saturated heterocycles. The topological polar surface area (TPSA) is 69.6 Å². The van der Waals surface area contributed by atoms with Gasteiger partial charge in [0, 0.05) is 12.6 Å². The molecule has 23 heavy (non-hydrogen) atoms. The third-order valence-electron chi connectivity index (χ3n) is 3.89. The number of aromatic carboxylic acids is 1. The van der Waals surface area contributed by atoms with Gasteiger partial charge in [-0.2, -0.15) is 0 Å². The van der Waals surface area contributed by atoms with Crippen molar-refractivity contribution in [1.82, 2.24) is 5.32 Å². The lowest BCUT2D eigenvalue weighted by Gasteiger charge is -2.24. The van der Waals surface area contributed by atoms with Crippen LogP contribution in [0.5, 0.6) is 0 Å². The predicted molar refractivity (Wildman–Crippen MR) is 90.3 cm³/mol. The molecule has 0 aliphatic carbocycles. The molecule has 2 rings (SSSR count). The highest BCUT2D eigenvalue weighted by Gasteiger charge is 2.19. The van der Waals surface area contributed by atoms with Crippen LogP contribution in [-0.4, -0.2) is 22.2 Å². The molecule has 0 amide bonds. The molecule has 0 aromatic heterocycles. The van der Waals surface area contributed by atoms with Crippen molar-refractivity contribution in [3.63, 3.8) is 0 Å². The molecule has 0 heterocycles. The molecule has 0 aliphatic rings. The standard InChI is InChI=1S/C19H23NO3/c1-2-6-17(18(21)15-7-4-3-5-8-15)20-13-14-9-11-16(12-10-14)19(22)23/h3-5,7-12,17-18,20-21H,2,6,13H2,1H3,(H,22,23). The quantitative estimate of drug-likeness (QED) is 0.699. The fourth-order valence-electron chi connectivity index (χ4n) is 2.58. The van der Waals surface area contributed by atoms with Crippen LogP contribution in [0.25, 0.3) is 0 Å². The van der Waals surface area contributed by atoms with E-state index in [0.29, 0.717) is 6.54 Å². The Morgan fingerprint density at radius 1 is 1.09 bits per heavy atom. The van der Waals surface area contributed by atoms with Crippen molar-refractivity contribution in [2.24, 2.45) is 0 Å². The van der Waals surface area contributed by atoms with E-state index in [1.165, 1.54) is 0 Å². The normalized spacial score (nSPS) is 13.5. The number of hydrogen-bond donors (Lipinski definition) is 3. The molecule has 2 aromatic carbocycles. The van der Waals surface area contributed by atoms with Gasteiger partial charge in [-0.3, -0.25) is 0 Å². The van der Waals surface area contributed by atoms with E-state index in [-0.39, 0.29) is 11.6 Å². The summed E-state index contributed by atoms with van der Waals surface area (Å²) in [4.78, 5) is 10.9. The van der Waals surface area contributed by atoms with Gasteiger partial charge in [0.15, 0.2) is 0 Å². The molecule has 0 aliphatic heterocycles. The Kier molecular flexibility index (Phi) is 6.32. The minimum atomic E-state index is -0.923. The zero-order chi connectivity index (χ0) is 16.7. The van der Waals surface area contributed by atoms with E-state index in [0.717, 1.165) is 24.0 Å². The van der Waals surface area contributed by atoms with Crippen LogP contribution in [0.1, 0.15) is 47.4 Å². The molecule has 0 saturated carbocycles. The summed E-state index contributed by atoms with van der Waals surface area (Å²) in [6, 6.07) is 16.4. The molecular weight excluding hydrogens is 290 g/mol. The largest absolute Gasteiger partial charge is 0.478 e.